The van der Waals surface area contributed by atoms with Crippen molar-refractivity contribution in [1.29, 1.82) is 0 Å². The standard InChI is InChI=1S/C19H26O4/c1-4-6-15(20)12-18-13-17(7-5-2)22-19(23-18)14-8-10-16(21-3)11-9-14/h4-5,8-11,15,17-20H,1-2,6-7,12-13H2,3H3/t15-,17-,18-,19?/m0/s1. The number of rotatable bonds is 8. The van der Waals surface area contributed by atoms with E-state index in [0.29, 0.717) is 12.8 Å². The van der Waals surface area contributed by atoms with Gasteiger partial charge in [0.1, 0.15) is 5.75 Å². The molecular formula is C19H26O4. The minimum atomic E-state index is -0.434. The Morgan fingerprint density at radius 3 is 2.52 bits per heavy atom. The summed E-state index contributed by atoms with van der Waals surface area (Å²) in [6.07, 6.45) is 5.40. The van der Waals surface area contributed by atoms with Gasteiger partial charge in [0, 0.05) is 18.4 Å². The van der Waals surface area contributed by atoms with Gasteiger partial charge in [0.05, 0.1) is 25.4 Å². The lowest BCUT2D eigenvalue weighted by Crippen LogP contribution is -2.35. The molecule has 126 valence electrons. The van der Waals surface area contributed by atoms with Gasteiger partial charge >= 0.3 is 0 Å². The molecule has 1 aliphatic heterocycles. The Morgan fingerprint density at radius 1 is 1.22 bits per heavy atom. The SMILES string of the molecule is C=CC[C@H](O)C[C@H]1C[C@H](CC=C)OC(c2ccc(OC)cc2)O1. The van der Waals surface area contributed by atoms with Crippen LogP contribution in [0.2, 0.25) is 0 Å². The van der Waals surface area contributed by atoms with Crippen molar-refractivity contribution in [2.75, 3.05) is 7.11 Å². The Hall–Kier alpha value is -1.62. The number of hydrogen-bond donors (Lipinski definition) is 1. The second-order valence-electron chi connectivity index (χ2n) is 5.80. The first-order valence-corrected chi connectivity index (χ1v) is 8.01. The predicted octanol–water partition coefficient (Wildman–Crippen LogP) is 3.77. The van der Waals surface area contributed by atoms with Crippen molar-refractivity contribution in [3.8, 4) is 5.75 Å². The maximum atomic E-state index is 10.0. The van der Waals surface area contributed by atoms with E-state index in [9.17, 15) is 5.11 Å². The van der Waals surface area contributed by atoms with Crippen LogP contribution in [0.1, 0.15) is 37.5 Å². The molecule has 1 saturated heterocycles. The smallest absolute Gasteiger partial charge is 0.184 e. The lowest BCUT2D eigenvalue weighted by atomic mass is 10.00. The van der Waals surface area contributed by atoms with E-state index in [0.717, 1.165) is 24.2 Å². The Kier molecular flexibility index (Phi) is 6.84. The molecule has 1 unspecified atom stereocenters. The van der Waals surface area contributed by atoms with Crippen molar-refractivity contribution in [1.82, 2.24) is 0 Å². The predicted molar refractivity (Wildman–Crippen MR) is 90.3 cm³/mol. The van der Waals surface area contributed by atoms with Gasteiger partial charge in [-0.25, -0.2) is 0 Å². The lowest BCUT2D eigenvalue weighted by Gasteiger charge is -2.36. The fraction of sp³-hybridized carbons (Fsp3) is 0.474. The molecule has 0 aromatic heterocycles. The molecule has 1 fully saturated rings. The van der Waals surface area contributed by atoms with Gasteiger partial charge in [0.15, 0.2) is 6.29 Å². The maximum absolute atomic E-state index is 10.0. The lowest BCUT2D eigenvalue weighted by molar-refractivity contribution is -0.251. The van der Waals surface area contributed by atoms with Gasteiger partial charge in [-0.2, -0.15) is 0 Å². The molecule has 1 heterocycles. The number of aliphatic hydroxyl groups excluding tert-OH is 1. The Balaban J connectivity index is 2.07. The van der Waals surface area contributed by atoms with Crippen molar-refractivity contribution in [2.45, 2.75) is 50.3 Å². The maximum Gasteiger partial charge on any atom is 0.184 e. The number of aliphatic hydroxyl groups is 1. The van der Waals surface area contributed by atoms with E-state index in [1.54, 1.807) is 13.2 Å². The van der Waals surface area contributed by atoms with Crippen LogP contribution in [0.3, 0.4) is 0 Å². The van der Waals surface area contributed by atoms with Crippen molar-refractivity contribution in [2.24, 2.45) is 0 Å². The van der Waals surface area contributed by atoms with Crippen LogP contribution in [0.25, 0.3) is 0 Å². The van der Waals surface area contributed by atoms with Gasteiger partial charge in [-0.1, -0.05) is 24.3 Å². The normalized spacial score (nSPS) is 25.6. The summed E-state index contributed by atoms with van der Waals surface area (Å²) in [5.41, 5.74) is 0.947. The average molecular weight is 318 g/mol. The van der Waals surface area contributed by atoms with Crippen LogP contribution in [0.15, 0.2) is 49.6 Å². The highest BCUT2D eigenvalue weighted by Crippen LogP contribution is 2.33. The zero-order chi connectivity index (χ0) is 16.7. The van der Waals surface area contributed by atoms with Gasteiger partial charge in [-0.3, -0.25) is 0 Å². The molecule has 0 spiro atoms. The first-order valence-electron chi connectivity index (χ1n) is 8.01. The molecule has 1 aromatic rings. The monoisotopic (exact) mass is 318 g/mol. The van der Waals surface area contributed by atoms with Gasteiger partial charge in [-0.15, -0.1) is 13.2 Å². The van der Waals surface area contributed by atoms with Crippen LogP contribution in [-0.4, -0.2) is 30.5 Å². The van der Waals surface area contributed by atoms with Gasteiger partial charge in [-0.05, 0) is 25.0 Å². The van der Waals surface area contributed by atoms with Crippen LogP contribution < -0.4 is 4.74 Å². The van der Waals surface area contributed by atoms with E-state index < -0.39 is 12.4 Å². The summed E-state index contributed by atoms with van der Waals surface area (Å²) in [5.74, 6) is 0.796. The van der Waals surface area contributed by atoms with E-state index in [4.69, 9.17) is 14.2 Å². The molecule has 4 nitrogen and oxygen atoms in total. The Bertz CT molecular complexity index is 495. The molecular weight excluding hydrogens is 292 g/mol. The van der Waals surface area contributed by atoms with Crippen LogP contribution >= 0.6 is 0 Å². The fourth-order valence-electron chi connectivity index (χ4n) is 2.79. The molecule has 0 bridgehead atoms. The minimum Gasteiger partial charge on any atom is -0.497 e. The number of benzene rings is 1. The van der Waals surface area contributed by atoms with Crippen LogP contribution in [-0.2, 0) is 9.47 Å². The fourth-order valence-corrected chi connectivity index (χ4v) is 2.79. The molecule has 2 rings (SSSR count). The van der Waals surface area contributed by atoms with Crippen LogP contribution in [0, 0.1) is 0 Å². The number of hydrogen-bond acceptors (Lipinski definition) is 4. The summed E-state index contributed by atoms with van der Waals surface area (Å²) >= 11 is 0. The van der Waals surface area contributed by atoms with Crippen molar-refractivity contribution in [3.63, 3.8) is 0 Å². The van der Waals surface area contributed by atoms with E-state index in [2.05, 4.69) is 13.2 Å². The molecule has 4 atom stereocenters. The third-order valence-corrected chi connectivity index (χ3v) is 3.95. The summed E-state index contributed by atoms with van der Waals surface area (Å²) in [4.78, 5) is 0. The first kappa shape index (κ1) is 17.7. The summed E-state index contributed by atoms with van der Waals surface area (Å²) in [6, 6.07) is 7.66. The molecule has 0 saturated carbocycles. The van der Waals surface area contributed by atoms with Crippen molar-refractivity contribution >= 4 is 0 Å². The average Bonchev–Trinajstić information content (AvgIpc) is 2.55. The second-order valence-corrected chi connectivity index (χ2v) is 5.80. The topological polar surface area (TPSA) is 47.9 Å². The summed E-state index contributed by atoms with van der Waals surface area (Å²) in [6.45, 7) is 7.46. The van der Waals surface area contributed by atoms with Crippen LogP contribution in [0.5, 0.6) is 5.75 Å². The number of ether oxygens (including phenoxy) is 3. The summed E-state index contributed by atoms with van der Waals surface area (Å²) < 4.78 is 17.2. The highest BCUT2D eigenvalue weighted by atomic mass is 16.7. The van der Waals surface area contributed by atoms with Gasteiger partial charge < -0.3 is 19.3 Å². The molecule has 1 N–H and O–H groups in total. The van der Waals surface area contributed by atoms with Crippen molar-refractivity contribution in [3.05, 3.63) is 55.1 Å². The van der Waals surface area contributed by atoms with Crippen molar-refractivity contribution < 1.29 is 19.3 Å². The molecule has 0 aliphatic carbocycles. The highest BCUT2D eigenvalue weighted by molar-refractivity contribution is 5.28. The zero-order valence-electron chi connectivity index (χ0n) is 13.7. The third kappa shape index (κ3) is 5.20. The van der Waals surface area contributed by atoms with E-state index in [1.807, 2.05) is 30.3 Å². The zero-order valence-corrected chi connectivity index (χ0v) is 13.7. The molecule has 4 heteroatoms. The molecule has 1 aromatic carbocycles. The molecule has 23 heavy (non-hydrogen) atoms. The third-order valence-electron chi connectivity index (χ3n) is 3.95. The number of methoxy groups -OCH3 is 1. The summed E-state index contributed by atoms with van der Waals surface area (Å²) in [5, 5.41) is 10.0. The first-order chi connectivity index (χ1) is 11.2. The molecule has 1 aliphatic rings. The molecule has 0 amide bonds. The second kappa shape index (κ2) is 8.87. The van der Waals surface area contributed by atoms with E-state index >= 15 is 0 Å². The van der Waals surface area contributed by atoms with Gasteiger partial charge in [0.25, 0.3) is 0 Å². The largest absolute Gasteiger partial charge is 0.497 e. The Labute approximate surface area is 138 Å². The summed E-state index contributed by atoms with van der Waals surface area (Å²) in [7, 11) is 1.64. The van der Waals surface area contributed by atoms with E-state index in [-0.39, 0.29) is 12.2 Å². The quantitative estimate of drug-likeness (QED) is 0.741. The molecule has 0 radical (unpaired) electrons. The van der Waals surface area contributed by atoms with E-state index in [1.165, 1.54) is 0 Å². The van der Waals surface area contributed by atoms with Crippen LogP contribution in [0.4, 0.5) is 0 Å². The van der Waals surface area contributed by atoms with Gasteiger partial charge in [0.2, 0.25) is 0 Å². The highest BCUT2D eigenvalue weighted by Gasteiger charge is 2.31. The Morgan fingerprint density at radius 2 is 1.91 bits per heavy atom. The minimum absolute atomic E-state index is 0.0456.